The molecule has 11 heteroatoms. The van der Waals surface area contributed by atoms with Gasteiger partial charge in [-0.15, -0.1) is 0 Å². The van der Waals surface area contributed by atoms with Crippen molar-refractivity contribution in [1.29, 1.82) is 0 Å². The van der Waals surface area contributed by atoms with Gasteiger partial charge in [-0.05, 0) is 60.9 Å². The van der Waals surface area contributed by atoms with Crippen LogP contribution >= 0.6 is 23.2 Å². The number of anilines is 1. The SMILES string of the molecule is O=C(CN(c1cc(C(F)(F)F)ccc1Cl)S(=O)(=O)c1ccccc1)NCCCc1ccc(Cl)cc1. The van der Waals surface area contributed by atoms with Crippen LogP contribution in [-0.2, 0) is 27.4 Å². The zero-order valence-electron chi connectivity index (χ0n) is 18.2. The van der Waals surface area contributed by atoms with E-state index in [1.807, 2.05) is 12.1 Å². The molecule has 0 aliphatic rings. The number of carbonyl (C=O) groups is 1. The Hall–Kier alpha value is -2.75. The first kappa shape index (κ1) is 26.8. The first-order valence-electron chi connectivity index (χ1n) is 10.4. The van der Waals surface area contributed by atoms with Crippen LogP contribution in [0.2, 0.25) is 10.0 Å². The minimum absolute atomic E-state index is 0.191. The van der Waals surface area contributed by atoms with Crippen LogP contribution in [-0.4, -0.2) is 27.4 Å². The molecule has 0 saturated heterocycles. The number of nitrogens with one attached hydrogen (secondary N) is 1. The minimum Gasteiger partial charge on any atom is -0.355 e. The van der Waals surface area contributed by atoms with Crippen molar-refractivity contribution in [3.8, 4) is 0 Å². The summed E-state index contributed by atoms with van der Waals surface area (Å²) in [5, 5.41) is 2.98. The number of amides is 1. The van der Waals surface area contributed by atoms with Gasteiger partial charge in [0.1, 0.15) is 6.54 Å². The Morgan fingerprint density at radius 3 is 2.23 bits per heavy atom. The lowest BCUT2D eigenvalue weighted by Gasteiger charge is -2.26. The van der Waals surface area contributed by atoms with E-state index in [9.17, 15) is 26.4 Å². The summed E-state index contributed by atoms with van der Waals surface area (Å²) in [7, 11) is -4.40. The number of carbonyl (C=O) groups excluding carboxylic acids is 1. The molecule has 0 aliphatic carbocycles. The number of sulfonamides is 1. The van der Waals surface area contributed by atoms with Crippen LogP contribution in [0, 0.1) is 0 Å². The molecular weight excluding hydrogens is 524 g/mol. The Labute approximate surface area is 211 Å². The second-order valence-electron chi connectivity index (χ2n) is 7.57. The fourth-order valence-electron chi connectivity index (χ4n) is 3.26. The Balaban J connectivity index is 1.81. The molecule has 0 radical (unpaired) electrons. The van der Waals surface area contributed by atoms with Crippen molar-refractivity contribution >= 4 is 44.8 Å². The number of rotatable bonds is 9. The van der Waals surface area contributed by atoms with Crippen molar-refractivity contribution in [2.24, 2.45) is 0 Å². The van der Waals surface area contributed by atoms with Crippen molar-refractivity contribution in [3.05, 3.63) is 94.0 Å². The molecule has 0 bridgehead atoms. The molecule has 1 N–H and O–H groups in total. The molecule has 5 nitrogen and oxygen atoms in total. The van der Waals surface area contributed by atoms with Crippen molar-refractivity contribution in [1.82, 2.24) is 5.32 Å². The fourth-order valence-corrected chi connectivity index (χ4v) is 5.11. The third-order valence-corrected chi connectivity index (χ3v) is 7.38. The highest BCUT2D eigenvalue weighted by molar-refractivity contribution is 7.92. The Bertz CT molecular complexity index is 1270. The summed E-state index contributed by atoms with van der Waals surface area (Å²) >= 11 is 12.0. The first-order valence-corrected chi connectivity index (χ1v) is 12.6. The van der Waals surface area contributed by atoms with Gasteiger partial charge in [-0.2, -0.15) is 13.2 Å². The molecule has 0 atom stereocenters. The van der Waals surface area contributed by atoms with Gasteiger partial charge in [0.15, 0.2) is 0 Å². The monoisotopic (exact) mass is 544 g/mol. The summed E-state index contributed by atoms with van der Waals surface area (Å²) < 4.78 is 67.2. The van der Waals surface area contributed by atoms with Crippen LogP contribution < -0.4 is 9.62 Å². The molecule has 0 unspecified atom stereocenters. The molecule has 0 aromatic heterocycles. The third kappa shape index (κ3) is 7.13. The highest BCUT2D eigenvalue weighted by atomic mass is 35.5. The molecule has 0 fully saturated rings. The zero-order chi connectivity index (χ0) is 25.6. The third-order valence-electron chi connectivity index (χ3n) is 5.04. The van der Waals surface area contributed by atoms with Gasteiger partial charge in [0, 0.05) is 11.6 Å². The molecule has 186 valence electrons. The van der Waals surface area contributed by atoms with Gasteiger partial charge in [0.25, 0.3) is 10.0 Å². The quantitative estimate of drug-likeness (QED) is 0.338. The highest BCUT2D eigenvalue weighted by Gasteiger charge is 2.34. The predicted molar refractivity (Wildman–Crippen MR) is 130 cm³/mol. The lowest BCUT2D eigenvalue weighted by Crippen LogP contribution is -2.41. The summed E-state index contributed by atoms with van der Waals surface area (Å²) in [6.45, 7) is -0.518. The summed E-state index contributed by atoms with van der Waals surface area (Å²) in [4.78, 5) is 12.5. The molecule has 3 rings (SSSR count). The van der Waals surface area contributed by atoms with Crippen LogP contribution in [0.1, 0.15) is 17.5 Å². The van der Waals surface area contributed by atoms with E-state index in [4.69, 9.17) is 23.2 Å². The smallest absolute Gasteiger partial charge is 0.355 e. The number of hydrogen-bond donors (Lipinski definition) is 1. The summed E-state index contributed by atoms with van der Waals surface area (Å²) in [5.41, 5.74) is -0.525. The van der Waals surface area contributed by atoms with Gasteiger partial charge in [0.05, 0.1) is 21.2 Å². The van der Waals surface area contributed by atoms with E-state index in [0.29, 0.717) is 28.2 Å². The molecule has 35 heavy (non-hydrogen) atoms. The van der Waals surface area contributed by atoms with E-state index in [1.54, 1.807) is 18.2 Å². The van der Waals surface area contributed by atoms with Crippen LogP contribution in [0.5, 0.6) is 0 Å². The Kier molecular flexibility index (Phi) is 8.69. The second-order valence-corrected chi connectivity index (χ2v) is 10.3. The second kappa shape index (κ2) is 11.3. The number of benzene rings is 3. The fraction of sp³-hybridized carbons (Fsp3) is 0.208. The van der Waals surface area contributed by atoms with Gasteiger partial charge in [0.2, 0.25) is 5.91 Å². The molecule has 0 spiro atoms. The van der Waals surface area contributed by atoms with Crippen LogP contribution in [0.25, 0.3) is 0 Å². The average molecular weight is 545 g/mol. The molecule has 3 aromatic carbocycles. The maximum Gasteiger partial charge on any atom is 0.416 e. The van der Waals surface area contributed by atoms with Gasteiger partial charge in [-0.1, -0.05) is 53.5 Å². The largest absolute Gasteiger partial charge is 0.416 e. The van der Waals surface area contributed by atoms with E-state index in [-0.39, 0.29) is 16.5 Å². The first-order chi connectivity index (χ1) is 16.5. The maximum atomic E-state index is 13.3. The lowest BCUT2D eigenvalue weighted by atomic mass is 10.1. The van der Waals surface area contributed by atoms with Crippen molar-refractivity contribution in [3.63, 3.8) is 0 Å². The van der Waals surface area contributed by atoms with E-state index in [2.05, 4.69) is 5.32 Å². The number of alkyl halides is 3. The normalized spacial score (nSPS) is 11.8. The van der Waals surface area contributed by atoms with Crippen LogP contribution in [0.3, 0.4) is 0 Å². The predicted octanol–water partition coefficient (Wildman–Crippen LogP) is 5.96. The number of halogens is 5. The van der Waals surface area contributed by atoms with E-state index < -0.39 is 39.9 Å². The number of aryl methyl sites for hydroxylation is 1. The van der Waals surface area contributed by atoms with Gasteiger partial charge >= 0.3 is 6.18 Å². The maximum absolute atomic E-state index is 13.3. The highest BCUT2D eigenvalue weighted by Crippen LogP contribution is 2.37. The van der Waals surface area contributed by atoms with Crippen LogP contribution in [0.4, 0.5) is 18.9 Å². The molecule has 1 amide bonds. The number of nitrogens with zero attached hydrogens (tertiary/aromatic N) is 1. The molecule has 3 aromatic rings. The van der Waals surface area contributed by atoms with Crippen molar-refractivity contribution in [2.45, 2.75) is 23.9 Å². The van der Waals surface area contributed by atoms with Gasteiger partial charge in [-0.3, -0.25) is 9.10 Å². The standard InChI is InChI=1S/C24H21Cl2F3N2O3S/c25-19-11-8-17(9-12-19)5-4-14-30-23(32)16-31(35(33,34)20-6-2-1-3-7-20)22-15-18(24(27,28)29)10-13-21(22)26/h1-3,6-13,15H,4-5,14,16H2,(H,30,32). The Morgan fingerprint density at radius 1 is 0.943 bits per heavy atom. The molecular formula is C24H21Cl2F3N2O3S. The Morgan fingerprint density at radius 2 is 1.60 bits per heavy atom. The van der Waals surface area contributed by atoms with Crippen molar-refractivity contribution in [2.75, 3.05) is 17.4 Å². The molecule has 0 aliphatic heterocycles. The summed E-state index contributed by atoms with van der Waals surface area (Å²) in [6, 6.07) is 16.6. The lowest BCUT2D eigenvalue weighted by molar-refractivity contribution is -0.137. The summed E-state index contributed by atoms with van der Waals surface area (Å²) in [6.07, 6.45) is -3.53. The average Bonchev–Trinajstić information content (AvgIpc) is 2.82. The van der Waals surface area contributed by atoms with Gasteiger partial charge in [-0.25, -0.2) is 8.42 Å². The van der Waals surface area contributed by atoms with E-state index in [1.165, 1.54) is 24.3 Å². The number of hydrogen-bond acceptors (Lipinski definition) is 3. The minimum atomic E-state index is -4.73. The summed E-state index contributed by atoms with van der Waals surface area (Å²) in [5.74, 6) is -0.686. The van der Waals surface area contributed by atoms with E-state index >= 15 is 0 Å². The van der Waals surface area contributed by atoms with E-state index in [0.717, 1.165) is 17.7 Å². The zero-order valence-corrected chi connectivity index (χ0v) is 20.6. The molecule has 0 heterocycles. The molecule has 0 saturated carbocycles. The van der Waals surface area contributed by atoms with Gasteiger partial charge < -0.3 is 5.32 Å². The van der Waals surface area contributed by atoms with Crippen molar-refractivity contribution < 1.29 is 26.4 Å². The topological polar surface area (TPSA) is 66.5 Å². The van der Waals surface area contributed by atoms with Crippen LogP contribution in [0.15, 0.2) is 77.7 Å².